The van der Waals surface area contributed by atoms with Crippen LogP contribution in [0.15, 0.2) is 12.7 Å². The lowest BCUT2D eigenvalue weighted by molar-refractivity contribution is -0.118. The van der Waals surface area contributed by atoms with Crippen LogP contribution in [0.5, 0.6) is 0 Å². The Balaban J connectivity index is 1.46. The number of nitrogen functional groups attached to an aromatic ring is 1. The Morgan fingerprint density at radius 3 is 3.03 bits per heavy atom. The van der Waals surface area contributed by atoms with Gasteiger partial charge in [0.15, 0.2) is 17.1 Å². The Labute approximate surface area is 176 Å². The Kier molecular flexibility index (Phi) is 5.59. The minimum Gasteiger partial charge on any atom is -0.432 e. The number of nitrogens with two attached hydrogens (primary N) is 1. The molecule has 4 atom stereocenters. The highest BCUT2D eigenvalue weighted by molar-refractivity contribution is 7.48. The van der Waals surface area contributed by atoms with Gasteiger partial charge in [0.05, 0.1) is 12.4 Å². The van der Waals surface area contributed by atoms with E-state index in [1.54, 1.807) is 18.4 Å². The van der Waals surface area contributed by atoms with Crippen LogP contribution in [-0.2, 0) is 32.3 Å². The lowest BCUT2D eigenvalue weighted by Gasteiger charge is -2.36. The molecule has 2 N–H and O–H groups in total. The third kappa shape index (κ3) is 4.08. The van der Waals surface area contributed by atoms with Crippen molar-refractivity contribution in [2.45, 2.75) is 44.3 Å². The zero-order valence-corrected chi connectivity index (χ0v) is 17.6. The first-order chi connectivity index (χ1) is 14.8. The summed E-state index contributed by atoms with van der Waals surface area (Å²) in [6.07, 6.45) is 5.85. The molecule has 2 saturated heterocycles. The van der Waals surface area contributed by atoms with Crippen LogP contribution in [0.3, 0.4) is 0 Å². The van der Waals surface area contributed by atoms with Crippen LogP contribution < -0.4 is 5.73 Å². The van der Waals surface area contributed by atoms with Crippen molar-refractivity contribution in [3.05, 3.63) is 12.7 Å². The Morgan fingerprint density at radius 2 is 2.29 bits per heavy atom. The summed E-state index contributed by atoms with van der Waals surface area (Å²) in [6, 6.07) is 0. The molecule has 0 aromatic carbocycles. The number of carbonyl (C=O) groups is 1. The van der Waals surface area contributed by atoms with Gasteiger partial charge in [-0.2, -0.15) is 0 Å². The average Bonchev–Trinajstić information content (AvgIpc) is 3.29. The number of anilines is 1. The Hall–Kier alpha value is -2.75. The van der Waals surface area contributed by atoms with Gasteiger partial charge in [0.2, 0.25) is 6.79 Å². The molecule has 2 aromatic heterocycles. The molecule has 2 aliphatic rings. The number of rotatable bonds is 5. The molecule has 0 bridgehead atoms. The van der Waals surface area contributed by atoms with Crippen molar-refractivity contribution in [2.24, 2.45) is 0 Å². The van der Waals surface area contributed by atoms with Crippen molar-refractivity contribution in [2.75, 3.05) is 19.1 Å². The predicted octanol–water partition coefficient (Wildman–Crippen LogP) is 1.76. The summed E-state index contributed by atoms with van der Waals surface area (Å²) in [6.45, 7) is 2.35. The summed E-state index contributed by atoms with van der Waals surface area (Å²) in [7, 11) is -4.07. The quantitative estimate of drug-likeness (QED) is 0.303. The average molecular weight is 453 g/mol. The number of imidazole rings is 1. The van der Waals surface area contributed by atoms with E-state index in [1.165, 1.54) is 12.7 Å². The first-order valence-corrected chi connectivity index (χ1v) is 10.7. The molecule has 0 spiro atoms. The van der Waals surface area contributed by atoms with E-state index in [1.807, 2.05) is 0 Å². The van der Waals surface area contributed by atoms with E-state index in [4.69, 9.17) is 39.9 Å². The van der Waals surface area contributed by atoms with Gasteiger partial charge in [-0.25, -0.2) is 28.8 Å². The lowest BCUT2D eigenvalue weighted by atomic mass is 9.99. The van der Waals surface area contributed by atoms with Gasteiger partial charge in [-0.05, 0) is 13.8 Å². The number of aromatic nitrogens is 4. The fourth-order valence-electron chi connectivity index (χ4n) is 3.21. The summed E-state index contributed by atoms with van der Waals surface area (Å²) in [5, 5.41) is 0. The van der Waals surface area contributed by atoms with E-state index in [2.05, 4.69) is 20.9 Å². The number of carbonyl (C=O) groups excluding carboxylic acids is 1. The second-order valence-electron chi connectivity index (χ2n) is 7.05. The second-order valence-corrected chi connectivity index (χ2v) is 8.67. The van der Waals surface area contributed by atoms with Crippen LogP contribution in [0, 0.1) is 12.3 Å². The molecule has 31 heavy (non-hydrogen) atoms. The van der Waals surface area contributed by atoms with Gasteiger partial charge in [0, 0.05) is 6.42 Å². The largest absolute Gasteiger partial charge is 0.510 e. The number of phosphoric ester groups is 1. The van der Waals surface area contributed by atoms with Crippen LogP contribution >= 0.6 is 7.82 Å². The van der Waals surface area contributed by atoms with Gasteiger partial charge in [-0.3, -0.25) is 13.6 Å². The number of nitrogens with zero attached hydrogens (tertiary/aromatic N) is 4. The van der Waals surface area contributed by atoms with Crippen molar-refractivity contribution in [1.82, 2.24) is 19.5 Å². The van der Waals surface area contributed by atoms with Gasteiger partial charge < -0.3 is 19.9 Å². The maximum Gasteiger partial charge on any atom is 0.510 e. The highest BCUT2D eigenvalue weighted by Crippen LogP contribution is 2.59. The molecule has 0 amide bonds. The molecule has 0 aliphatic carbocycles. The maximum absolute atomic E-state index is 12.8. The Bertz CT molecular complexity index is 1080. The Morgan fingerprint density at radius 1 is 1.48 bits per heavy atom. The van der Waals surface area contributed by atoms with E-state index >= 15 is 0 Å². The van der Waals surface area contributed by atoms with E-state index in [9.17, 15) is 9.36 Å². The van der Waals surface area contributed by atoms with E-state index in [0.29, 0.717) is 11.2 Å². The van der Waals surface area contributed by atoms with Crippen LogP contribution in [0.1, 0.15) is 26.5 Å². The molecular formula is C17H20N5O8P. The van der Waals surface area contributed by atoms with E-state index < -0.39 is 38.7 Å². The molecule has 14 heteroatoms. The molecule has 4 rings (SSSR count). The maximum atomic E-state index is 12.8. The molecule has 13 nitrogen and oxygen atoms in total. The molecule has 0 saturated carbocycles. The van der Waals surface area contributed by atoms with Crippen molar-refractivity contribution in [3.63, 3.8) is 0 Å². The summed E-state index contributed by atoms with van der Waals surface area (Å²) in [4.78, 5) is 23.7. The van der Waals surface area contributed by atoms with Crippen LogP contribution in [-0.4, -0.2) is 56.9 Å². The van der Waals surface area contributed by atoms with Gasteiger partial charge in [0.25, 0.3) is 0 Å². The zero-order valence-electron chi connectivity index (χ0n) is 16.7. The van der Waals surface area contributed by atoms with Crippen molar-refractivity contribution >= 4 is 31.0 Å². The van der Waals surface area contributed by atoms with Crippen LogP contribution in [0.2, 0.25) is 0 Å². The molecule has 0 radical (unpaired) electrons. The van der Waals surface area contributed by atoms with Crippen molar-refractivity contribution in [1.29, 1.82) is 0 Å². The monoisotopic (exact) mass is 453 g/mol. The van der Waals surface area contributed by atoms with Gasteiger partial charge in [0.1, 0.15) is 30.8 Å². The number of ether oxygens (including phenoxy) is 3. The predicted molar refractivity (Wildman–Crippen MR) is 103 cm³/mol. The minimum atomic E-state index is -4.07. The first-order valence-electron chi connectivity index (χ1n) is 9.25. The SMILES string of the molecule is C#C[C@@]12COP(=O)(OCOC(=O)OC(C)C)O[C@H]1C[C@H](n1cnc3c(N)ncnc31)O2. The highest BCUT2D eigenvalue weighted by Gasteiger charge is 2.57. The fraction of sp³-hybridized carbons (Fsp3) is 0.529. The fourth-order valence-corrected chi connectivity index (χ4v) is 4.51. The van der Waals surface area contributed by atoms with Crippen molar-refractivity contribution < 1.29 is 37.1 Å². The van der Waals surface area contributed by atoms with Crippen LogP contribution in [0.4, 0.5) is 10.6 Å². The summed E-state index contributed by atoms with van der Waals surface area (Å²) in [5.74, 6) is 2.74. The number of phosphoric acid groups is 1. The van der Waals surface area contributed by atoms with Crippen LogP contribution in [0.25, 0.3) is 11.2 Å². The number of hydrogen-bond donors (Lipinski definition) is 1. The summed E-state index contributed by atoms with van der Waals surface area (Å²) >= 11 is 0. The highest BCUT2D eigenvalue weighted by atomic mass is 31.2. The van der Waals surface area contributed by atoms with E-state index in [0.717, 1.165) is 0 Å². The topological polar surface area (TPSA) is 159 Å². The molecule has 2 aliphatic heterocycles. The van der Waals surface area contributed by atoms with E-state index in [-0.39, 0.29) is 24.9 Å². The third-order valence-corrected chi connectivity index (χ3v) is 6.02. The van der Waals surface area contributed by atoms with Gasteiger partial charge in [-0.15, -0.1) is 6.42 Å². The number of terminal acetylenes is 1. The minimum absolute atomic E-state index is 0.201. The smallest absolute Gasteiger partial charge is 0.432 e. The number of fused-ring (bicyclic) bond motifs is 2. The zero-order chi connectivity index (χ0) is 22.2. The lowest BCUT2D eigenvalue weighted by Crippen LogP contribution is -2.46. The molecule has 2 fully saturated rings. The summed E-state index contributed by atoms with van der Waals surface area (Å²) < 4.78 is 45.8. The molecule has 4 heterocycles. The summed E-state index contributed by atoms with van der Waals surface area (Å²) in [5.41, 5.74) is 5.37. The number of hydrogen-bond acceptors (Lipinski definition) is 12. The van der Waals surface area contributed by atoms with Crippen molar-refractivity contribution in [3.8, 4) is 12.3 Å². The second kappa shape index (κ2) is 8.07. The normalized spacial score (nSPS) is 30.1. The van der Waals surface area contributed by atoms with Gasteiger partial charge >= 0.3 is 14.0 Å². The molecule has 166 valence electrons. The molecule has 2 aromatic rings. The third-order valence-electron chi connectivity index (χ3n) is 4.64. The first kappa shape index (κ1) is 21.5. The molecule has 1 unspecified atom stereocenters. The standard InChI is InChI=1S/C17H20N5O8P/c1-4-17-6-26-31(24,27-9-25-16(23)28-10(2)3)30-11(17)5-12(29-17)22-8-21-13-14(18)19-7-20-15(13)22/h1,7-8,10-12H,5-6,9H2,2-3H3,(H2,18,19,20)/t11-,12+,17+,31?/m0/s1. The van der Waals surface area contributed by atoms with Gasteiger partial charge in [-0.1, -0.05) is 5.92 Å². The molecular weight excluding hydrogens is 433 g/mol.